The van der Waals surface area contributed by atoms with Crippen LogP contribution in [0.2, 0.25) is 0 Å². The number of hydrogen-bond acceptors (Lipinski definition) is 5. The van der Waals surface area contributed by atoms with Crippen molar-refractivity contribution in [1.82, 2.24) is 10.2 Å². The second-order valence-corrected chi connectivity index (χ2v) is 8.00. The zero-order valence-electron chi connectivity index (χ0n) is 17.0. The molecule has 0 spiro atoms. The molecule has 2 N–H and O–H groups in total. The van der Waals surface area contributed by atoms with E-state index in [0.29, 0.717) is 12.6 Å². The van der Waals surface area contributed by atoms with E-state index in [-0.39, 0.29) is 17.9 Å². The molecular weight excluding hydrogens is 417 g/mol. The van der Waals surface area contributed by atoms with E-state index in [1.807, 2.05) is 12.1 Å². The number of rotatable bonds is 5. The molecule has 1 unspecified atom stereocenters. The second kappa shape index (κ2) is 10.3. The van der Waals surface area contributed by atoms with E-state index >= 15 is 0 Å². The predicted octanol–water partition coefficient (Wildman–Crippen LogP) is 2.97. The largest absolute Gasteiger partial charge is 0.490 e. The van der Waals surface area contributed by atoms with E-state index in [1.165, 1.54) is 19.3 Å². The number of hydrogen-bond donors (Lipinski definition) is 2. The maximum absolute atomic E-state index is 12.7. The minimum Gasteiger partial charge on any atom is -0.475 e. The maximum atomic E-state index is 12.7. The highest BCUT2D eigenvalue weighted by Crippen LogP contribution is 2.35. The van der Waals surface area contributed by atoms with Crippen LogP contribution in [-0.4, -0.2) is 59.9 Å². The number of carbonyl (C=O) groups is 2. The Morgan fingerprint density at radius 2 is 2.03 bits per heavy atom. The van der Waals surface area contributed by atoms with Crippen LogP contribution in [0, 0.1) is 11.8 Å². The summed E-state index contributed by atoms with van der Waals surface area (Å²) in [4.78, 5) is 24.1. The molecular formula is C21H27F3N2O5. The molecule has 7 nitrogen and oxygen atoms in total. The van der Waals surface area contributed by atoms with Gasteiger partial charge in [-0.15, -0.1) is 0 Å². The molecule has 2 aliphatic heterocycles. The summed E-state index contributed by atoms with van der Waals surface area (Å²) in [6.45, 7) is 3.14. The third-order valence-electron chi connectivity index (χ3n) is 5.87. The molecule has 2 saturated heterocycles. The number of alkyl halides is 3. The molecule has 2 fully saturated rings. The predicted molar refractivity (Wildman–Crippen MR) is 104 cm³/mol. The van der Waals surface area contributed by atoms with Crippen molar-refractivity contribution in [1.29, 1.82) is 0 Å². The number of aliphatic carboxylic acids is 1. The third kappa shape index (κ3) is 6.33. The highest BCUT2D eigenvalue weighted by Gasteiger charge is 2.48. The molecule has 0 radical (unpaired) electrons. The molecule has 4 atom stereocenters. The van der Waals surface area contributed by atoms with Crippen molar-refractivity contribution in [2.24, 2.45) is 11.8 Å². The Morgan fingerprint density at radius 1 is 1.26 bits per heavy atom. The number of amides is 1. The van der Waals surface area contributed by atoms with Crippen LogP contribution in [0.15, 0.2) is 35.0 Å². The van der Waals surface area contributed by atoms with E-state index in [9.17, 15) is 18.0 Å². The van der Waals surface area contributed by atoms with Gasteiger partial charge in [-0.3, -0.25) is 9.69 Å². The first-order chi connectivity index (χ1) is 14.8. The number of nitrogens with zero attached hydrogens (tertiary/aromatic N) is 1. The minimum atomic E-state index is -5.08. The molecule has 3 heterocycles. The third-order valence-corrected chi connectivity index (χ3v) is 5.87. The Hall–Kier alpha value is -2.33. The van der Waals surface area contributed by atoms with E-state index in [1.54, 1.807) is 6.26 Å². The van der Waals surface area contributed by atoms with Gasteiger partial charge < -0.3 is 19.6 Å². The molecule has 1 aliphatic carbocycles. The van der Waals surface area contributed by atoms with E-state index in [2.05, 4.69) is 22.4 Å². The number of likely N-dealkylation sites (tertiary alicyclic amines) is 1. The summed E-state index contributed by atoms with van der Waals surface area (Å²) >= 11 is 0. The first-order valence-corrected chi connectivity index (χ1v) is 10.4. The van der Waals surface area contributed by atoms with Crippen molar-refractivity contribution in [2.75, 3.05) is 19.7 Å². The smallest absolute Gasteiger partial charge is 0.475 e. The topological polar surface area (TPSA) is 92.0 Å². The van der Waals surface area contributed by atoms with Crippen molar-refractivity contribution >= 4 is 11.9 Å². The maximum Gasteiger partial charge on any atom is 0.490 e. The Bertz CT molecular complexity index is 766. The van der Waals surface area contributed by atoms with E-state index in [4.69, 9.17) is 19.1 Å². The molecule has 0 saturated carbocycles. The summed E-state index contributed by atoms with van der Waals surface area (Å²) in [5, 5.41) is 10.1. The van der Waals surface area contributed by atoms with Crippen molar-refractivity contribution < 1.29 is 37.0 Å². The lowest BCUT2D eigenvalue weighted by atomic mass is 9.93. The van der Waals surface area contributed by atoms with Crippen LogP contribution >= 0.6 is 0 Å². The Morgan fingerprint density at radius 3 is 2.65 bits per heavy atom. The SMILES string of the molecule is O=C(NCc1ccco1)[C@H]1CN(CC2CC=CCC2)[C@@H]2CCO[C@H]12.O=C(O)C(F)(F)F. The zero-order valence-corrected chi connectivity index (χ0v) is 17.0. The summed E-state index contributed by atoms with van der Waals surface area (Å²) in [5.74, 6) is -1.22. The van der Waals surface area contributed by atoms with Crippen LogP contribution in [0.25, 0.3) is 0 Å². The van der Waals surface area contributed by atoms with Crippen LogP contribution in [0.4, 0.5) is 13.2 Å². The van der Waals surface area contributed by atoms with Gasteiger partial charge in [0.2, 0.25) is 5.91 Å². The molecule has 10 heteroatoms. The molecule has 172 valence electrons. The normalized spacial score (nSPS) is 28.0. The van der Waals surface area contributed by atoms with E-state index < -0.39 is 12.1 Å². The first kappa shape index (κ1) is 23.3. The number of fused-ring (bicyclic) bond motifs is 1. The molecule has 1 amide bonds. The number of carboxylic acid groups (broad SMARTS) is 1. The quantitative estimate of drug-likeness (QED) is 0.679. The summed E-state index contributed by atoms with van der Waals surface area (Å²) in [5.41, 5.74) is 0. The summed E-state index contributed by atoms with van der Waals surface area (Å²) < 4.78 is 43.0. The highest BCUT2D eigenvalue weighted by atomic mass is 19.4. The monoisotopic (exact) mass is 444 g/mol. The fourth-order valence-electron chi connectivity index (χ4n) is 4.38. The number of carboxylic acids is 1. The van der Waals surface area contributed by atoms with Crippen LogP contribution in [0.3, 0.4) is 0 Å². The van der Waals surface area contributed by atoms with Gasteiger partial charge in [-0.05, 0) is 43.7 Å². The highest BCUT2D eigenvalue weighted by molar-refractivity contribution is 5.80. The van der Waals surface area contributed by atoms with Crippen LogP contribution in [-0.2, 0) is 20.9 Å². The van der Waals surface area contributed by atoms with E-state index in [0.717, 1.165) is 37.8 Å². The average Bonchev–Trinajstić information content (AvgIpc) is 3.46. The number of ether oxygens (including phenoxy) is 1. The molecule has 1 aromatic rings. The number of furan rings is 1. The fraction of sp³-hybridized carbons (Fsp3) is 0.619. The summed E-state index contributed by atoms with van der Waals surface area (Å²) in [7, 11) is 0. The lowest BCUT2D eigenvalue weighted by molar-refractivity contribution is -0.192. The fourth-order valence-corrected chi connectivity index (χ4v) is 4.38. The van der Waals surface area contributed by atoms with Gasteiger partial charge in [0.1, 0.15) is 5.76 Å². The van der Waals surface area contributed by atoms with Crippen LogP contribution < -0.4 is 5.32 Å². The van der Waals surface area contributed by atoms with Gasteiger partial charge in [0, 0.05) is 25.7 Å². The molecule has 31 heavy (non-hydrogen) atoms. The number of halogens is 3. The number of carbonyl (C=O) groups excluding carboxylic acids is 1. The zero-order chi connectivity index (χ0) is 22.4. The van der Waals surface area contributed by atoms with Crippen LogP contribution in [0.1, 0.15) is 31.4 Å². The van der Waals surface area contributed by atoms with Gasteiger partial charge in [-0.25, -0.2) is 4.79 Å². The summed E-state index contributed by atoms with van der Waals surface area (Å²) in [6, 6.07) is 4.13. The lowest BCUT2D eigenvalue weighted by Gasteiger charge is -2.28. The van der Waals surface area contributed by atoms with Gasteiger partial charge in [0.25, 0.3) is 0 Å². The Kier molecular flexibility index (Phi) is 7.77. The van der Waals surface area contributed by atoms with Gasteiger partial charge in [0.15, 0.2) is 0 Å². The Balaban J connectivity index is 0.000000339. The van der Waals surface area contributed by atoms with Crippen LogP contribution in [0.5, 0.6) is 0 Å². The van der Waals surface area contributed by atoms with Gasteiger partial charge in [-0.1, -0.05) is 12.2 Å². The van der Waals surface area contributed by atoms with Crippen molar-refractivity contribution in [3.8, 4) is 0 Å². The minimum absolute atomic E-state index is 0.0562. The van der Waals surface area contributed by atoms with Crippen molar-refractivity contribution in [3.63, 3.8) is 0 Å². The van der Waals surface area contributed by atoms with Crippen molar-refractivity contribution in [2.45, 2.75) is 50.6 Å². The number of nitrogens with one attached hydrogen (secondary N) is 1. The van der Waals surface area contributed by atoms with Gasteiger partial charge in [0.05, 0.1) is 24.8 Å². The van der Waals surface area contributed by atoms with Crippen molar-refractivity contribution in [3.05, 3.63) is 36.3 Å². The average molecular weight is 444 g/mol. The lowest BCUT2D eigenvalue weighted by Crippen LogP contribution is -2.37. The molecule has 1 aromatic heterocycles. The first-order valence-electron chi connectivity index (χ1n) is 10.4. The second-order valence-electron chi connectivity index (χ2n) is 8.00. The molecule has 4 rings (SSSR count). The standard InChI is InChI=1S/C19H26N2O3.C2HF3O2/c22-19(20-11-15-7-4-9-23-15)16-13-21(17-8-10-24-18(16)17)12-14-5-2-1-3-6-14;3-2(4,5)1(6)7/h1-2,4,7,9,14,16-18H,3,5-6,8,10-13H2,(H,20,22);(H,6,7)/t14?,16-,17+,18+;/m0./s1. The number of allylic oxidation sites excluding steroid dienone is 2. The Labute approximate surface area is 178 Å². The summed E-state index contributed by atoms with van der Waals surface area (Å²) in [6.07, 6.45) is 5.87. The molecule has 0 bridgehead atoms. The molecule has 0 aromatic carbocycles. The van der Waals surface area contributed by atoms with Gasteiger partial charge in [-0.2, -0.15) is 13.2 Å². The molecule has 3 aliphatic rings. The van der Waals surface area contributed by atoms with Gasteiger partial charge >= 0.3 is 12.1 Å².